The summed E-state index contributed by atoms with van der Waals surface area (Å²) in [6.07, 6.45) is 3.83. The van der Waals surface area contributed by atoms with Crippen LogP contribution in [0.1, 0.15) is 64.8 Å². The first-order chi connectivity index (χ1) is 20.0. The third-order valence-corrected chi connectivity index (χ3v) is 8.47. The Hall–Kier alpha value is -4.20. The molecule has 0 bridgehead atoms. The van der Waals surface area contributed by atoms with Gasteiger partial charge in [0.1, 0.15) is 0 Å². The minimum Gasteiger partial charge on any atom is -0.354 e. The molecule has 0 aliphatic carbocycles. The lowest BCUT2D eigenvalue weighted by Crippen LogP contribution is -2.29. The van der Waals surface area contributed by atoms with E-state index in [2.05, 4.69) is 39.0 Å². The average molecular weight is 563 g/mol. The molecule has 4 aromatic rings. The highest BCUT2D eigenvalue weighted by molar-refractivity contribution is 7.08. The van der Waals surface area contributed by atoms with Crippen molar-refractivity contribution >= 4 is 45.8 Å². The third-order valence-electron chi connectivity index (χ3n) is 7.78. The van der Waals surface area contributed by atoms with E-state index >= 15 is 0 Å². The van der Waals surface area contributed by atoms with Crippen LogP contribution >= 0.6 is 11.3 Å². The molecule has 2 aliphatic heterocycles. The number of fused-ring (bicyclic) bond motifs is 1. The van der Waals surface area contributed by atoms with E-state index in [-0.39, 0.29) is 17.9 Å². The topological polar surface area (TPSA) is 73.5 Å². The summed E-state index contributed by atoms with van der Waals surface area (Å²) in [5.74, 6) is -0.369. The van der Waals surface area contributed by atoms with Crippen LogP contribution in [0.5, 0.6) is 0 Å². The predicted octanol–water partition coefficient (Wildman–Crippen LogP) is 7.16. The largest absolute Gasteiger partial charge is 0.354 e. The van der Waals surface area contributed by atoms with Gasteiger partial charge in [-0.15, -0.1) is 0 Å². The minimum absolute atomic E-state index is 0.146. The lowest BCUT2D eigenvalue weighted by atomic mass is 9.99. The number of carbonyl (C=O) groups excluding carboxylic acids is 2. The number of piperidine rings is 1. The standard InChI is InChI=1S/C34H34N4O2S/c1-23(25-10-4-2-5-11-25)35-33(39)26-13-14-30-29(20-26)31(34(40)37-30)32(27-15-18-41-22-27)36-28-12-8-9-24(19-28)21-38-16-6-3-7-17-38/h2,4-5,8-15,18-20,22-23,36H,3,6-7,16-17,21H2,1H3,(H,35,39)(H,37,40)/t23-/m1/s1. The van der Waals surface area contributed by atoms with E-state index in [4.69, 9.17) is 0 Å². The molecule has 2 aliphatic rings. The average Bonchev–Trinajstić information content (AvgIpc) is 3.64. The zero-order valence-corrected chi connectivity index (χ0v) is 24.0. The van der Waals surface area contributed by atoms with Crippen LogP contribution in [-0.2, 0) is 11.3 Å². The number of hydrogen-bond acceptors (Lipinski definition) is 5. The molecule has 0 spiro atoms. The maximum Gasteiger partial charge on any atom is 0.258 e. The van der Waals surface area contributed by atoms with Crippen molar-refractivity contribution in [1.82, 2.24) is 10.2 Å². The van der Waals surface area contributed by atoms with Gasteiger partial charge in [-0.1, -0.05) is 48.9 Å². The summed E-state index contributed by atoms with van der Waals surface area (Å²) in [6.45, 7) is 5.16. The molecule has 6 rings (SSSR count). The summed E-state index contributed by atoms with van der Waals surface area (Å²) in [6, 6.07) is 25.6. The van der Waals surface area contributed by atoms with Crippen LogP contribution in [0.3, 0.4) is 0 Å². The number of benzene rings is 3. The normalized spacial score (nSPS) is 17.0. The number of rotatable bonds is 8. The lowest BCUT2D eigenvalue weighted by molar-refractivity contribution is -0.110. The monoisotopic (exact) mass is 562 g/mol. The Balaban J connectivity index is 1.31. The van der Waals surface area contributed by atoms with Crippen LogP contribution in [0.25, 0.3) is 11.3 Å². The smallest absolute Gasteiger partial charge is 0.258 e. The molecule has 208 valence electrons. The number of nitrogens with zero attached hydrogens (tertiary/aromatic N) is 1. The maximum atomic E-state index is 13.4. The van der Waals surface area contributed by atoms with Gasteiger partial charge in [0.25, 0.3) is 11.8 Å². The Kier molecular flexibility index (Phi) is 7.98. The van der Waals surface area contributed by atoms with Gasteiger partial charge in [0.2, 0.25) is 0 Å². The highest BCUT2D eigenvalue weighted by Crippen LogP contribution is 2.38. The number of carbonyl (C=O) groups is 2. The van der Waals surface area contributed by atoms with Crippen molar-refractivity contribution in [3.63, 3.8) is 0 Å². The summed E-state index contributed by atoms with van der Waals surface area (Å²) < 4.78 is 0. The Morgan fingerprint density at radius 3 is 2.56 bits per heavy atom. The van der Waals surface area contributed by atoms with Gasteiger partial charge < -0.3 is 16.0 Å². The molecule has 1 saturated heterocycles. The molecule has 1 fully saturated rings. The summed E-state index contributed by atoms with van der Waals surface area (Å²) in [5.41, 5.74) is 7.33. The summed E-state index contributed by atoms with van der Waals surface area (Å²) >= 11 is 1.58. The van der Waals surface area contributed by atoms with Crippen LogP contribution in [0.4, 0.5) is 11.4 Å². The molecule has 1 atom stereocenters. The molecule has 41 heavy (non-hydrogen) atoms. The van der Waals surface area contributed by atoms with Gasteiger partial charge in [-0.2, -0.15) is 11.3 Å². The number of nitrogens with one attached hydrogen (secondary N) is 3. The van der Waals surface area contributed by atoms with Gasteiger partial charge in [0, 0.05) is 40.0 Å². The molecule has 2 amide bonds. The second-order valence-corrected chi connectivity index (χ2v) is 11.5. The van der Waals surface area contributed by atoms with E-state index in [1.165, 1.54) is 24.8 Å². The molecule has 0 radical (unpaired) electrons. The molecule has 3 aromatic carbocycles. The van der Waals surface area contributed by atoms with Gasteiger partial charge in [-0.05, 0) is 85.8 Å². The predicted molar refractivity (Wildman–Crippen MR) is 168 cm³/mol. The van der Waals surface area contributed by atoms with Gasteiger partial charge >= 0.3 is 0 Å². The van der Waals surface area contributed by atoms with Crippen LogP contribution < -0.4 is 16.0 Å². The van der Waals surface area contributed by atoms with E-state index in [0.717, 1.165) is 42.1 Å². The molecule has 1 aromatic heterocycles. The van der Waals surface area contributed by atoms with Crippen molar-refractivity contribution in [2.75, 3.05) is 23.7 Å². The molecule has 3 N–H and O–H groups in total. The van der Waals surface area contributed by atoms with E-state index in [1.54, 1.807) is 17.4 Å². The van der Waals surface area contributed by atoms with E-state index in [1.807, 2.05) is 72.3 Å². The van der Waals surface area contributed by atoms with E-state index in [9.17, 15) is 9.59 Å². The van der Waals surface area contributed by atoms with Crippen LogP contribution in [0.15, 0.2) is 89.6 Å². The quantitative estimate of drug-likeness (QED) is 0.199. The van der Waals surface area contributed by atoms with Gasteiger partial charge in [-0.25, -0.2) is 0 Å². The minimum atomic E-state index is -0.187. The van der Waals surface area contributed by atoms with Gasteiger partial charge in [0.15, 0.2) is 0 Å². The van der Waals surface area contributed by atoms with Gasteiger partial charge in [-0.3, -0.25) is 14.5 Å². The number of thiophene rings is 1. The lowest BCUT2D eigenvalue weighted by Gasteiger charge is -2.26. The highest BCUT2D eigenvalue weighted by atomic mass is 32.1. The molecule has 0 unspecified atom stereocenters. The zero-order valence-electron chi connectivity index (χ0n) is 23.2. The van der Waals surface area contributed by atoms with Crippen LogP contribution in [0.2, 0.25) is 0 Å². The first-order valence-electron chi connectivity index (χ1n) is 14.2. The summed E-state index contributed by atoms with van der Waals surface area (Å²) in [7, 11) is 0. The van der Waals surface area contributed by atoms with Crippen LogP contribution in [0, 0.1) is 0 Å². The second kappa shape index (κ2) is 12.1. The van der Waals surface area contributed by atoms with Crippen molar-refractivity contribution in [2.45, 2.75) is 38.8 Å². The fraction of sp³-hybridized carbons (Fsp3) is 0.235. The number of likely N-dealkylation sites (tertiary alicyclic amines) is 1. The van der Waals surface area contributed by atoms with E-state index < -0.39 is 0 Å². The SMILES string of the molecule is C[C@@H](NC(=O)c1ccc2c(c1)C(=C(Nc1cccc(CN3CCCCC3)c1)c1ccsc1)C(=O)N2)c1ccccc1. The Labute approximate surface area is 245 Å². The third kappa shape index (κ3) is 6.11. The van der Waals surface area contributed by atoms with Crippen molar-refractivity contribution in [2.24, 2.45) is 0 Å². The van der Waals surface area contributed by atoms with Crippen molar-refractivity contribution in [1.29, 1.82) is 0 Å². The van der Waals surface area contributed by atoms with Crippen LogP contribution in [-0.4, -0.2) is 29.8 Å². The zero-order chi connectivity index (χ0) is 28.2. The summed E-state index contributed by atoms with van der Waals surface area (Å²) in [5, 5.41) is 13.7. The Bertz CT molecular complexity index is 1570. The molecule has 3 heterocycles. The first kappa shape index (κ1) is 27.0. The van der Waals surface area contributed by atoms with E-state index in [0.29, 0.717) is 22.4 Å². The number of amides is 2. The maximum absolute atomic E-state index is 13.4. The molecular formula is C34H34N4O2S. The Morgan fingerprint density at radius 1 is 0.951 bits per heavy atom. The number of hydrogen-bond donors (Lipinski definition) is 3. The Morgan fingerprint density at radius 2 is 1.78 bits per heavy atom. The van der Waals surface area contributed by atoms with Crippen molar-refractivity contribution in [3.05, 3.63) is 117 Å². The van der Waals surface area contributed by atoms with Crippen molar-refractivity contribution < 1.29 is 9.59 Å². The fourth-order valence-electron chi connectivity index (χ4n) is 5.61. The summed E-state index contributed by atoms with van der Waals surface area (Å²) in [4.78, 5) is 29.2. The van der Waals surface area contributed by atoms with Crippen molar-refractivity contribution in [3.8, 4) is 0 Å². The fourth-order valence-corrected chi connectivity index (χ4v) is 6.26. The second-order valence-electron chi connectivity index (χ2n) is 10.7. The molecular weight excluding hydrogens is 528 g/mol. The van der Waals surface area contributed by atoms with Gasteiger partial charge in [0.05, 0.1) is 17.3 Å². The molecule has 7 heteroatoms. The molecule has 0 saturated carbocycles. The first-order valence-corrected chi connectivity index (χ1v) is 15.2. The molecule has 6 nitrogen and oxygen atoms in total. The highest BCUT2D eigenvalue weighted by Gasteiger charge is 2.30. The number of anilines is 2.